The summed E-state index contributed by atoms with van der Waals surface area (Å²) >= 11 is 5.81. The van der Waals surface area contributed by atoms with Gasteiger partial charge in [-0.05, 0) is 24.1 Å². The van der Waals surface area contributed by atoms with Gasteiger partial charge < -0.3 is 14.7 Å². The fourth-order valence-electron chi connectivity index (χ4n) is 2.17. The zero-order valence-electron chi connectivity index (χ0n) is 10.9. The van der Waals surface area contributed by atoms with E-state index in [-0.39, 0.29) is 24.9 Å². The predicted octanol–water partition coefficient (Wildman–Crippen LogP) is 1.79. The third-order valence-corrected chi connectivity index (χ3v) is 3.46. The van der Waals surface area contributed by atoms with Crippen molar-refractivity contribution in [3.8, 4) is 0 Å². The van der Waals surface area contributed by atoms with Crippen molar-refractivity contribution < 1.29 is 19.4 Å². The molecule has 1 aromatic carbocycles. The highest BCUT2D eigenvalue weighted by molar-refractivity contribution is 6.30. The van der Waals surface area contributed by atoms with Crippen LogP contribution in [0.2, 0.25) is 5.02 Å². The first kappa shape index (κ1) is 14.8. The summed E-state index contributed by atoms with van der Waals surface area (Å²) in [7, 11) is 0. The molecule has 1 aromatic rings. The highest BCUT2D eigenvalue weighted by Gasteiger charge is 2.29. The Kier molecular flexibility index (Phi) is 4.98. The third-order valence-electron chi connectivity index (χ3n) is 3.20. The van der Waals surface area contributed by atoms with Crippen LogP contribution in [0.4, 0.5) is 0 Å². The highest BCUT2D eigenvalue weighted by Crippen LogP contribution is 2.18. The molecule has 0 aliphatic carbocycles. The lowest BCUT2D eigenvalue weighted by molar-refractivity contribution is -0.146. The first-order valence-electron chi connectivity index (χ1n) is 6.39. The fourth-order valence-corrected chi connectivity index (χ4v) is 2.30. The van der Waals surface area contributed by atoms with Crippen LogP contribution in [0.1, 0.15) is 12.0 Å². The van der Waals surface area contributed by atoms with Gasteiger partial charge in [-0.25, -0.2) is 0 Å². The van der Waals surface area contributed by atoms with Gasteiger partial charge in [-0.15, -0.1) is 0 Å². The second-order valence-electron chi connectivity index (χ2n) is 4.78. The van der Waals surface area contributed by atoms with Gasteiger partial charge >= 0.3 is 5.97 Å². The first-order chi connectivity index (χ1) is 9.56. The Morgan fingerprint density at radius 3 is 2.60 bits per heavy atom. The van der Waals surface area contributed by atoms with Gasteiger partial charge in [-0.2, -0.15) is 0 Å². The average molecular weight is 298 g/mol. The van der Waals surface area contributed by atoms with Gasteiger partial charge in [0.1, 0.15) is 6.54 Å². The van der Waals surface area contributed by atoms with Crippen molar-refractivity contribution >= 4 is 23.5 Å². The molecule has 2 rings (SSSR count). The maximum Gasteiger partial charge on any atom is 0.323 e. The number of hydrogen-bond acceptors (Lipinski definition) is 3. The maximum atomic E-state index is 12.3. The number of benzene rings is 1. The van der Waals surface area contributed by atoms with Crippen molar-refractivity contribution in [3.63, 3.8) is 0 Å². The molecule has 1 saturated heterocycles. The molecule has 1 aliphatic rings. The van der Waals surface area contributed by atoms with E-state index >= 15 is 0 Å². The summed E-state index contributed by atoms with van der Waals surface area (Å²) in [6, 6.07) is 7.02. The summed E-state index contributed by atoms with van der Waals surface area (Å²) in [5.41, 5.74) is 0.850. The maximum absolute atomic E-state index is 12.3. The lowest BCUT2D eigenvalue weighted by atomic mass is 10.1. The number of nitrogens with zero attached hydrogens (tertiary/aromatic N) is 1. The zero-order chi connectivity index (χ0) is 14.5. The third kappa shape index (κ3) is 3.95. The smallest absolute Gasteiger partial charge is 0.323 e. The molecule has 5 nitrogen and oxygen atoms in total. The van der Waals surface area contributed by atoms with E-state index in [9.17, 15) is 9.59 Å². The van der Waals surface area contributed by atoms with E-state index in [0.717, 1.165) is 5.56 Å². The summed E-state index contributed by atoms with van der Waals surface area (Å²) in [4.78, 5) is 24.6. The average Bonchev–Trinajstić information content (AvgIpc) is 2.93. The monoisotopic (exact) mass is 297 g/mol. The number of carboxylic acids is 1. The Hall–Kier alpha value is -1.59. The van der Waals surface area contributed by atoms with Crippen LogP contribution in [0.5, 0.6) is 0 Å². The van der Waals surface area contributed by atoms with Crippen molar-refractivity contribution in [2.24, 2.45) is 5.92 Å². The number of amides is 1. The van der Waals surface area contributed by atoms with E-state index in [1.807, 2.05) is 0 Å². The molecular weight excluding hydrogens is 282 g/mol. The summed E-state index contributed by atoms with van der Waals surface area (Å²) in [5.74, 6) is -1.42. The summed E-state index contributed by atoms with van der Waals surface area (Å²) < 4.78 is 5.19. The highest BCUT2D eigenvalue weighted by atomic mass is 35.5. The SMILES string of the molecule is O=C(O)CN(Cc1ccc(Cl)cc1)C(=O)C1CCOC1. The molecule has 0 saturated carbocycles. The molecule has 1 fully saturated rings. The second-order valence-corrected chi connectivity index (χ2v) is 5.21. The minimum absolute atomic E-state index is 0.167. The number of carboxylic acid groups (broad SMARTS) is 1. The van der Waals surface area contributed by atoms with Crippen LogP contribution >= 0.6 is 11.6 Å². The molecule has 0 bridgehead atoms. The van der Waals surface area contributed by atoms with Crippen molar-refractivity contribution in [2.75, 3.05) is 19.8 Å². The van der Waals surface area contributed by atoms with Crippen LogP contribution in [0.3, 0.4) is 0 Å². The lowest BCUT2D eigenvalue weighted by Gasteiger charge is -2.23. The molecule has 0 radical (unpaired) electrons. The van der Waals surface area contributed by atoms with Gasteiger partial charge in [0.25, 0.3) is 0 Å². The van der Waals surface area contributed by atoms with Gasteiger partial charge in [-0.3, -0.25) is 9.59 Å². The second kappa shape index (κ2) is 6.72. The van der Waals surface area contributed by atoms with Gasteiger partial charge in [0.05, 0.1) is 12.5 Å². The topological polar surface area (TPSA) is 66.8 Å². The molecule has 108 valence electrons. The van der Waals surface area contributed by atoms with Crippen molar-refractivity contribution in [3.05, 3.63) is 34.9 Å². The van der Waals surface area contributed by atoms with Gasteiger partial charge in [0.2, 0.25) is 5.91 Å². The van der Waals surface area contributed by atoms with Crippen molar-refractivity contribution in [2.45, 2.75) is 13.0 Å². The molecule has 6 heteroatoms. The van der Waals surface area contributed by atoms with Crippen LogP contribution in [-0.2, 0) is 20.9 Å². The van der Waals surface area contributed by atoms with Crippen LogP contribution in [0.15, 0.2) is 24.3 Å². The number of ether oxygens (including phenoxy) is 1. The Bertz CT molecular complexity index is 482. The molecule has 0 aromatic heterocycles. The number of hydrogen-bond donors (Lipinski definition) is 1. The quantitative estimate of drug-likeness (QED) is 0.900. The standard InChI is InChI=1S/C14H16ClNO4/c15-12-3-1-10(2-4-12)7-16(8-13(17)18)14(19)11-5-6-20-9-11/h1-4,11H,5-9H2,(H,17,18). The van der Waals surface area contributed by atoms with E-state index in [1.54, 1.807) is 24.3 Å². The molecule has 1 unspecified atom stereocenters. The number of carbonyl (C=O) groups is 2. The number of aliphatic carboxylic acids is 1. The summed E-state index contributed by atoms with van der Waals surface area (Å²) in [6.07, 6.45) is 0.648. The van der Waals surface area contributed by atoms with Crippen LogP contribution in [-0.4, -0.2) is 41.6 Å². The normalized spacial score (nSPS) is 17.9. The van der Waals surface area contributed by atoms with E-state index in [0.29, 0.717) is 24.7 Å². The predicted molar refractivity (Wildman–Crippen MR) is 73.4 cm³/mol. The van der Waals surface area contributed by atoms with Gasteiger partial charge in [-0.1, -0.05) is 23.7 Å². The van der Waals surface area contributed by atoms with Gasteiger partial charge in [0, 0.05) is 18.2 Å². The van der Waals surface area contributed by atoms with Gasteiger partial charge in [0.15, 0.2) is 0 Å². The Morgan fingerprint density at radius 1 is 1.35 bits per heavy atom. The zero-order valence-corrected chi connectivity index (χ0v) is 11.7. The minimum Gasteiger partial charge on any atom is -0.480 e. The number of carbonyl (C=O) groups excluding carboxylic acids is 1. The summed E-state index contributed by atoms with van der Waals surface area (Å²) in [5, 5.41) is 9.56. The number of halogens is 1. The molecular formula is C14H16ClNO4. The van der Waals surface area contributed by atoms with E-state index in [1.165, 1.54) is 4.90 Å². The summed E-state index contributed by atoms with van der Waals surface area (Å²) in [6.45, 7) is 0.880. The molecule has 1 heterocycles. The fraction of sp³-hybridized carbons (Fsp3) is 0.429. The lowest BCUT2D eigenvalue weighted by Crippen LogP contribution is -2.39. The van der Waals surface area contributed by atoms with Crippen LogP contribution in [0.25, 0.3) is 0 Å². The molecule has 0 spiro atoms. The first-order valence-corrected chi connectivity index (χ1v) is 6.77. The van der Waals surface area contributed by atoms with E-state index in [2.05, 4.69) is 0 Å². The van der Waals surface area contributed by atoms with E-state index in [4.69, 9.17) is 21.4 Å². The molecule has 20 heavy (non-hydrogen) atoms. The molecule has 1 atom stereocenters. The van der Waals surface area contributed by atoms with Crippen molar-refractivity contribution in [1.29, 1.82) is 0 Å². The molecule has 1 N–H and O–H groups in total. The van der Waals surface area contributed by atoms with Crippen LogP contribution < -0.4 is 0 Å². The molecule has 1 amide bonds. The van der Waals surface area contributed by atoms with Crippen molar-refractivity contribution in [1.82, 2.24) is 4.90 Å². The Balaban J connectivity index is 2.08. The van der Waals surface area contributed by atoms with Crippen LogP contribution in [0, 0.1) is 5.92 Å². The molecule has 1 aliphatic heterocycles. The Morgan fingerprint density at radius 2 is 2.05 bits per heavy atom. The minimum atomic E-state index is -1.02. The Labute approximate surface area is 122 Å². The largest absolute Gasteiger partial charge is 0.480 e. The van der Waals surface area contributed by atoms with E-state index < -0.39 is 5.97 Å². The number of rotatable bonds is 5.